The highest BCUT2D eigenvalue weighted by molar-refractivity contribution is 6.00. The van der Waals surface area contributed by atoms with Crippen LogP contribution in [0.2, 0.25) is 0 Å². The van der Waals surface area contributed by atoms with Crippen LogP contribution in [0.4, 0.5) is 18.9 Å². The predicted octanol–water partition coefficient (Wildman–Crippen LogP) is 2.04. The largest absolute Gasteiger partial charge is 0.416 e. The number of likely N-dealkylation sites (N-methyl/N-ethyl adjacent to an activating group) is 2. The van der Waals surface area contributed by atoms with E-state index in [0.717, 1.165) is 12.1 Å². The van der Waals surface area contributed by atoms with Crippen LogP contribution >= 0.6 is 0 Å². The lowest BCUT2D eigenvalue weighted by atomic mass is 10.1. The molecule has 1 aromatic carbocycles. The Hall–Kier alpha value is -2.58. The van der Waals surface area contributed by atoms with E-state index in [0.29, 0.717) is 13.1 Å². The van der Waals surface area contributed by atoms with E-state index in [-0.39, 0.29) is 37.0 Å². The predicted molar refractivity (Wildman–Crippen MR) is 92.8 cm³/mol. The van der Waals surface area contributed by atoms with Crippen molar-refractivity contribution in [1.29, 1.82) is 0 Å². The Kier molecular flexibility index (Phi) is 6.45. The van der Waals surface area contributed by atoms with Gasteiger partial charge < -0.3 is 15.1 Å². The molecular formula is C18H22F3N3O3. The van der Waals surface area contributed by atoms with Crippen LogP contribution in [-0.2, 0) is 20.6 Å². The number of hydrogen-bond acceptors (Lipinski definition) is 3. The topological polar surface area (TPSA) is 69.7 Å². The van der Waals surface area contributed by atoms with Gasteiger partial charge in [-0.3, -0.25) is 14.4 Å². The maximum atomic E-state index is 12.9. The number of alkyl halides is 3. The number of benzene rings is 1. The number of nitrogens with zero attached hydrogens (tertiary/aromatic N) is 2. The molecule has 0 aromatic heterocycles. The molecule has 6 nitrogen and oxygen atoms in total. The van der Waals surface area contributed by atoms with Crippen LogP contribution in [0.25, 0.3) is 0 Å². The summed E-state index contributed by atoms with van der Waals surface area (Å²) in [7, 11) is 0. The summed E-state index contributed by atoms with van der Waals surface area (Å²) in [6, 6.07) is 4.47. The summed E-state index contributed by atoms with van der Waals surface area (Å²) >= 11 is 0. The molecule has 148 valence electrons. The van der Waals surface area contributed by atoms with Crippen molar-refractivity contribution in [2.24, 2.45) is 5.92 Å². The van der Waals surface area contributed by atoms with E-state index in [1.54, 1.807) is 13.8 Å². The fourth-order valence-corrected chi connectivity index (χ4v) is 3.00. The maximum Gasteiger partial charge on any atom is 0.416 e. The second-order valence-corrected chi connectivity index (χ2v) is 6.26. The molecule has 0 bridgehead atoms. The third-order valence-electron chi connectivity index (χ3n) is 4.36. The van der Waals surface area contributed by atoms with Crippen LogP contribution in [0.1, 0.15) is 25.8 Å². The second-order valence-electron chi connectivity index (χ2n) is 6.26. The van der Waals surface area contributed by atoms with Crippen LogP contribution < -0.4 is 10.2 Å². The first kappa shape index (κ1) is 20.7. The number of hydrogen-bond donors (Lipinski definition) is 1. The smallest absolute Gasteiger partial charge is 0.355 e. The molecule has 1 atom stereocenters. The highest BCUT2D eigenvalue weighted by Gasteiger charge is 2.38. The first-order valence-electron chi connectivity index (χ1n) is 8.70. The summed E-state index contributed by atoms with van der Waals surface area (Å²) in [6.45, 7) is 4.10. The van der Waals surface area contributed by atoms with E-state index in [2.05, 4.69) is 5.32 Å². The summed E-state index contributed by atoms with van der Waals surface area (Å²) in [4.78, 5) is 39.2. The van der Waals surface area contributed by atoms with Gasteiger partial charge in [0, 0.05) is 31.7 Å². The van der Waals surface area contributed by atoms with E-state index in [9.17, 15) is 27.6 Å². The zero-order valence-corrected chi connectivity index (χ0v) is 15.2. The van der Waals surface area contributed by atoms with Gasteiger partial charge in [-0.15, -0.1) is 0 Å². The van der Waals surface area contributed by atoms with E-state index < -0.39 is 23.6 Å². The van der Waals surface area contributed by atoms with Gasteiger partial charge >= 0.3 is 6.18 Å². The van der Waals surface area contributed by atoms with Crippen LogP contribution in [0, 0.1) is 5.92 Å². The number of nitrogens with one attached hydrogen (secondary N) is 1. The Morgan fingerprint density at radius 3 is 2.59 bits per heavy atom. The average Bonchev–Trinajstić information content (AvgIpc) is 3.00. The van der Waals surface area contributed by atoms with Gasteiger partial charge in [0.2, 0.25) is 17.7 Å². The molecule has 1 fully saturated rings. The van der Waals surface area contributed by atoms with E-state index in [4.69, 9.17) is 0 Å². The molecule has 0 aliphatic carbocycles. The normalized spacial score (nSPS) is 17.1. The van der Waals surface area contributed by atoms with Crippen molar-refractivity contribution in [3.63, 3.8) is 0 Å². The van der Waals surface area contributed by atoms with Crippen LogP contribution in [0.5, 0.6) is 0 Å². The van der Waals surface area contributed by atoms with Crippen molar-refractivity contribution in [1.82, 2.24) is 10.2 Å². The third kappa shape index (κ3) is 4.99. The molecule has 3 amide bonds. The zero-order chi connectivity index (χ0) is 20.2. The molecule has 1 unspecified atom stereocenters. The molecule has 1 aliphatic rings. The number of carbonyl (C=O) groups excluding carboxylic acids is 3. The molecular weight excluding hydrogens is 363 g/mol. The van der Waals surface area contributed by atoms with E-state index in [1.807, 2.05) is 0 Å². The highest BCUT2D eigenvalue weighted by atomic mass is 19.4. The summed E-state index contributed by atoms with van der Waals surface area (Å²) in [5, 5.41) is 2.60. The highest BCUT2D eigenvalue weighted by Crippen LogP contribution is 2.33. The SMILES string of the molecule is CCNC(=O)CN(CC)C(=O)C1CC(=O)N(c2cccc(C(F)(F)F)c2)C1. The quantitative estimate of drug-likeness (QED) is 0.815. The summed E-state index contributed by atoms with van der Waals surface area (Å²) in [6.07, 6.45) is -4.61. The Morgan fingerprint density at radius 1 is 1.30 bits per heavy atom. The van der Waals surface area contributed by atoms with E-state index in [1.165, 1.54) is 21.9 Å². The van der Waals surface area contributed by atoms with Crippen LogP contribution in [-0.4, -0.2) is 48.8 Å². The van der Waals surface area contributed by atoms with Gasteiger partial charge in [0.25, 0.3) is 0 Å². The molecule has 0 radical (unpaired) electrons. The van der Waals surface area contributed by atoms with Crippen molar-refractivity contribution >= 4 is 23.4 Å². The van der Waals surface area contributed by atoms with Crippen molar-refractivity contribution in [3.8, 4) is 0 Å². The summed E-state index contributed by atoms with van der Waals surface area (Å²) < 4.78 is 38.7. The van der Waals surface area contributed by atoms with Crippen molar-refractivity contribution in [2.45, 2.75) is 26.4 Å². The van der Waals surface area contributed by atoms with Crippen LogP contribution in [0.3, 0.4) is 0 Å². The molecule has 0 spiro atoms. The molecule has 27 heavy (non-hydrogen) atoms. The molecule has 1 heterocycles. The zero-order valence-electron chi connectivity index (χ0n) is 15.2. The van der Waals surface area contributed by atoms with Crippen molar-refractivity contribution < 1.29 is 27.6 Å². The molecule has 1 aromatic rings. The lowest BCUT2D eigenvalue weighted by Gasteiger charge is -2.24. The molecule has 9 heteroatoms. The number of amides is 3. The molecule has 2 rings (SSSR count). The average molecular weight is 385 g/mol. The lowest BCUT2D eigenvalue weighted by Crippen LogP contribution is -2.43. The number of rotatable bonds is 6. The number of halogens is 3. The standard InChI is InChI=1S/C18H22F3N3O3/c1-3-22-15(25)11-23(4-2)17(27)12-8-16(26)24(10-12)14-7-5-6-13(9-14)18(19,20)21/h5-7,9,12H,3-4,8,10-11H2,1-2H3,(H,22,25). The first-order valence-corrected chi connectivity index (χ1v) is 8.70. The van der Waals surface area contributed by atoms with E-state index >= 15 is 0 Å². The van der Waals surface area contributed by atoms with Gasteiger partial charge in [-0.1, -0.05) is 6.07 Å². The second kappa shape index (κ2) is 8.41. The van der Waals surface area contributed by atoms with Crippen molar-refractivity contribution in [3.05, 3.63) is 29.8 Å². The maximum absolute atomic E-state index is 12.9. The Labute approximate surface area is 155 Å². The minimum atomic E-state index is -4.51. The molecule has 1 N–H and O–H groups in total. The lowest BCUT2D eigenvalue weighted by molar-refractivity contribution is -0.139. The fourth-order valence-electron chi connectivity index (χ4n) is 3.00. The van der Waals surface area contributed by atoms with Crippen LogP contribution in [0.15, 0.2) is 24.3 Å². The summed E-state index contributed by atoms with van der Waals surface area (Å²) in [5.41, 5.74) is -0.745. The summed E-state index contributed by atoms with van der Waals surface area (Å²) in [5.74, 6) is -1.76. The van der Waals surface area contributed by atoms with Gasteiger partial charge in [0.15, 0.2) is 0 Å². The van der Waals surface area contributed by atoms with Gasteiger partial charge in [-0.25, -0.2) is 0 Å². The Balaban J connectivity index is 2.12. The van der Waals surface area contributed by atoms with Gasteiger partial charge in [-0.05, 0) is 32.0 Å². The molecule has 1 saturated heterocycles. The third-order valence-corrected chi connectivity index (χ3v) is 4.36. The number of carbonyl (C=O) groups is 3. The van der Waals surface area contributed by atoms with Gasteiger partial charge in [0.1, 0.15) is 0 Å². The van der Waals surface area contributed by atoms with Gasteiger partial charge in [-0.2, -0.15) is 13.2 Å². The van der Waals surface area contributed by atoms with Crippen molar-refractivity contribution in [2.75, 3.05) is 31.1 Å². The fraction of sp³-hybridized carbons (Fsp3) is 0.500. The van der Waals surface area contributed by atoms with Gasteiger partial charge in [0.05, 0.1) is 18.0 Å². The molecule has 0 saturated carbocycles. The Morgan fingerprint density at radius 2 is 2.00 bits per heavy atom. The molecule has 1 aliphatic heterocycles. The number of anilines is 1. The minimum absolute atomic E-state index is 0.00905. The Bertz CT molecular complexity index is 721. The monoisotopic (exact) mass is 385 g/mol. The first-order chi connectivity index (χ1) is 12.7. The minimum Gasteiger partial charge on any atom is -0.355 e.